The second-order valence-corrected chi connectivity index (χ2v) is 5.19. The van der Waals surface area contributed by atoms with Gasteiger partial charge in [-0.1, -0.05) is 18.2 Å². The standard InChI is InChI=1S/C15H19N3O/c1-17-9-10-18(15(17)19)14-7-3-2-5-12(14)11-13-6-4-8-16-13/h2-3,5,7,9-10,13,16H,4,6,8,11H2,1H3. The van der Waals surface area contributed by atoms with Gasteiger partial charge in [-0.05, 0) is 37.4 Å². The third-order valence-corrected chi connectivity index (χ3v) is 3.83. The molecule has 0 saturated carbocycles. The van der Waals surface area contributed by atoms with E-state index in [0.29, 0.717) is 6.04 Å². The van der Waals surface area contributed by atoms with Gasteiger partial charge in [-0.3, -0.25) is 4.57 Å². The van der Waals surface area contributed by atoms with Crippen molar-refractivity contribution in [3.63, 3.8) is 0 Å². The Morgan fingerprint density at radius 2 is 2.16 bits per heavy atom. The highest BCUT2D eigenvalue weighted by atomic mass is 16.1. The van der Waals surface area contributed by atoms with Crippen LogP contribution in [0.3, 0.4) is 0 Å². The second kappa shape index (κ2) is 5.05. The van der Waals surface area contributed by atoms with Gasteiger partial charge in [0.2, 0.25) is 0 Å². The first-order chi connectivity index (χ1) is 9.25. The number of aromatic nitrogens is 2. The van der Waals surface area contributed by atoms with Gasteiger partial charge in [-0.25, -0.2) is 4.79 Å². The molecule has 0 aliphatic carbocycles. The number of hydrogen-bond donors (Lipinski definition) is 1. The van der Waals surface area contributed by atoms with Crippen LogP contribution in [0.2, 0.25) is 0 Å². The molecule has 2 aromatic rings. The molecule has 1 aromatic heterocycles. The molecule has 0 bridgehead atoms. The van der Waals surface area contributed by atoms with Crippen LogP contribution >= 0.6 is 0 Å². The van der Waals surface area contributed by atoms with Crippen LogP contribution in [0.15, 0.2) is 41.5 Å². The van der Waals surface area contributed by atoms with Crippen LogP contribution in [0.1, 0.15) is 18.4 Å². The third kappa shape index (κ3) is 2.36. The molecule has 100 valence electrons. The number of aryl methyl sites for hydroxylation is 1. The first kappa shape index (κ1) is 12.2. The van der Waals surface area contributed by atoms with Crippen molar-refractivity contribution < 1.29 is 0 Å². The van der Waals surface area contributed by atoms with Crippen LogP contribution in [-0.2, 0) is 13.5 Å². The monoisotopic (exact) mass is 257 g/mol. The van der Waals surface area contributed by atoms with Gasteiger partial charge in [0.25, 0.3) is 0 Å². The molecule has 1 saturated heterocycles. The van der Waals surface area contributed by atoms with E-state index in [4.69, 9.17) is 0 Å². The maximum absolute atomic E-state index is 12.1. The van der Waals surface area contributed by atoms with Gasteiger partial charge in [0, 0.05) is 25.5 Å². The largest absolute Gasteiger partial charge is 0.332 e. The highest BCUT2D eigenvalue weighted by molar-refractivity contribution is 5.41. The Balaban J connectivity index is 1.97. The lowest BCUT2D eigenvalue weighted by Gasteiger charge is -2.14. The van der Waals surface area contributed by atoms with Gasteiger partial charge in [-0.15, -0.1) is 0 Å². The molecule has 4 heteroatoms. The highest BCUT2D eigenvalue weighted by Crippen LogP contribution is 2.18. The number of nitrogens with zero attached hydrogens (tertiary/aromatic N) is 2. The summed E-state index contributed by atoms with van der Waals surface area (Å²) < 4.78 is 3.33. The lowest BCUT2D eigenvalue weighted by Crippen LogP contribution is -2.26. The predicted molar refractivity (Wildman–Crippen MR) is 75.7 cm³/mol. The van der Waals surface area contributed by atoms with Crippen LogP contribution in [-0.4, -0.2) is 21.7 Å². The van der Waals surface area contributed by atoms with Gasteiger partial charge in [0.05, 0.1) is 5.69 Å². The van der Waals surface area contributed by atoms with E-state index in [2.05, 4.69) is 11.4 Å². The fourth-order valence-corrected chi connectivity index (χ4v) is 2.76. The zero-order chi connectivity index (χ0) is 13.2. The minimum atomic E-state index is 0.00633. The van der Waals surface area contributed by atoms with E-state index in [9.17, 15) is 4.79 Å². The summed E-state index contributed by atoms with van der Waals surface area (Å²) in [7, 11) is 1.78. The quantitative estimate of drug-likeness (QED) is 0.904. The van der Waals surface area contributed by atoms with Crippen LogP contribution in [0, 0.1) is 0 Å². The van der Waals surface area contributed by atoms with Crippen molar-refractivity contribution in [2.24, 2.45) is 7.05 Å². The topological polar surface area (TPSA) is 39.0 Å². The summed E-state index contributed by atoms with van der Waals surface area (Å²) in [5.41, 5.74) is 2.24. The van der Waals surface area contributed by atoms with Crippen molar-refractivity contribution in [2.45, 2.75) is 25.3 Å². The molecule has 1 unspecified atom stereocenters. The van der Waals surface area contributed by atoms with E-state index in [-0.39, 0.29) is 5.69 Å². The highest BCUT2D eigenvalue weighted by Gasteiger charge is 2.17. The minimum Gasteiger partial charge on any atom is -0.314 e. The molecule has 1 atom stereocenters. The molecule has 0 radical (unpaired) electrons. The first-order valence-electron chi connectivity index (χ1n) is 6.81. The molecule has 0 spiro atoms. The molecule has 0 amide bonds. The molecular weight excluding hydrogens is 238 g/mol. The first-order valence-corrected chi connectivity index (χ1v) is 6.81. The van der Waals surface area contributed by atoms with Crippen molar-refractivity contribution in [1.82, 2.24) is 14.5 Å². The van der Waals surface area contributed by atoms with Crippen LogP contribution in [0.5, 0.6) is 0 Å². The molecule has 4 nitrogen and oxygen atoms in total. The number of imidazole rings is 1. The average molecular weight is 257 g/mol. The van der Waals surface area contributed by atoms with E-state index in [1.165, 1.54) is 18.4 Å². The lowest BCUT2D eigenvalue weighted by atomic mass is 10.0. The summed E-state index contributed by atoms with van der Waals surface area (Å²) in [6.07, 6.45) is 7.09. The minimum absolute atomic E-state index is 0.00633. The molecular formula is C15H19N3O. The number of nitrogens with one attached hydrogen (secondary N) is 1. The molecule has 19 heavy (non-hydrogen) atoms. The summed E-state index contributed by atoms with van der Waals surface area (Å²) in [4.78, 5) is 12.1. The molecule has 1 N–H and O–H groups in total. The molecule has 3 rings (SSSR count). The lowest BCUT2D eigenvalue weighted by molar-refractivity contribution is 0.601. The zero-order valence-corrected chi connectivity index (χ0v) is 11.2. The zero-order valence-electron chi connectivity index (χ0n) is 11.2. The van der Waals surface area contributed by atoms with Gasteiger partial charge in [-0.2, -0.15) is 0 Å². The van der Waals surface area contributed by atoms with Crippen molar-refractivity contribution in [3.8, 4) is 5.69 Å². The molecule has 2 heterocycles. The summed E-state index contributed by atoms with van der Waals surface area (Å²) in [6.45, 7) is 1.11. The molecule has 1 aliphatic heterocycles. The Morgan fingerprint density at radius 3 is 2.84 bits per heavy atom. The molecule has 1 aliphatic rings. The Hall–Kier alpha value is -1.81. The van der Waals surface area contributed by atoms with Gasteiger partial charge >= 0.3 is 5.69 Å². The number of benzene rings is 1. The van der Waals surface area contributed by atoms with Crippen molar-refractivity contribution >= 4 is 0 Å². The second-order valence-electron chi connectivity index (χ2n) is 5.19. The summed E-state index contributed by atoms with van der Waals surface area (Å²) in [6, 6.07) is 8.71. The maximum Gasteiger partial charge on any atom is 0.332 e. The third-order valence-electron chi connectivity index (χ3n) is 3.83. The average Bonchev–Trinajstić information content (AvgIpc) is 3.03. The fourth-order valence-electron chi connectivity index (χ4n) is 2.76. The van der Waals surface area contributed by atoms with Crippen molar-refractivity contribution in [1.29, 1.82) is 0 Å². The SMILES string of the molecule is Cn1ccn(-c2ccccc2CC2CCCN2)c1=O. The van der Waals surface area contributed by atoms with Crippen LogP contribution < -0.4 is 11.0 Å². The smallest absolute Gasteiger partial charge is 0.314 e. The Kier molecular flexibility index (Phi) is 3.25. The van der Waals surface area contributed by atoms with E-state index < -0.39 is 0 Å². The normalized spacial score (nSPS) is 18.9. The predicted octanol–water partition coefficient (Wildman–Crippen LogP) is 1.47. The van der Waals surface area contributed by atoms with E-state index >= 15 is 0 Å². The summed E-state index contributed by atoms with van der Waals surface area (Å²) in [5, 5.41) is 3.51. The Bertz CT molecular complexity index is 620. The maximum atomic E-state index is 12.1. The van der Waals surface area contributed by atoms with E-state index in [0.717, 1.165) is 18.7 Å². The Morgan fingerprint density at radius 1 is 1.32 bits per heavy atom. The fraction of sp³-hybridized carbons (Fsp3) is 0.400. The number of para-hydroxylation sites is 1. The Labute approximate surface area is 112 Å². The van der Waals surface area contributed by atoms with Crippen molar-refractivity contribution in [3.05, 3.63) is 52.7 Å². The van der Waals surface area contributed by atoms with E-state index in [1.54, 1.807) is 22.4 Å². The van der Waals surface area contributed by atoms with Crippen LogP contribution in [0.4, 0.5) is 0 Å². The van der Waals surface area contributed by atoms with Gasteiger partial charge in [0.15, 0.2) is 0 Å². The summed E-state index contributed by atoms with van der Waals surface area (Å²) in [5.74, 6) is 0. The number of rotatable bonds is 3. The van der Waals surface area contributed by atoms with Gasteiger partial charge in [0.1, 0.15) is 0 Å². The van der Waals surface area contributed by atoms with E-state index in [1.807, 2.05) is 24.4 Å². The molecule has 1 fully saturated rings. The van der Waals surface area contributed by atoms with Crippen molar-refractivity contribution in [2.75, 3.05) is 6.54 Å². The van der Waals surface area contributed by atoms with Gasteiger partial charge < -0.3 is 9.88 Å². The number of hydrogen-bond acceptors (Lipinski definition) is 2. The summed E-state index contributed by atoms with van der Waals surface area (Å²) >= 11 is 0. The molecule has 1 aromatic carbocycles. The van der Waals surface area contributed by atoms with Crippen LogP contribution in [0.25, 0.3) is 5.69 Å².